The van der Waals surface area contributed by atoms with E-state index < -0.39 is 0 Å². The van der Waals surface area contributed by atoms with Crippen molar-refractivity contribution in [2.24, 2.45) is 0 Å². The molecule has 5 heteroatoms. The molecule has 0 aliphatic carbocycles. The molecule has 1 N–H and O–H groups in total. The molecule has 0 saturated carbocycles. The second-order valence-electron chi connectivity index (χ2n) is 4.68. The van der Waals surface area contributed by atoms with E-state index in [9.17, 15) is 4.79 Å². The molecule has 1 amide bonds. The summed E-state index contributed by atoms with van der Waals surface area (Å²) in [6.07, 6.45) is 1.31. The maximum absolute atomic E-state index is 12.2. The third-order valence-corrected chi connectivity index (χ3v) is 3.43. The molecular weight excluding hydrogens is 266 g/mol. The zero-order valence-electron chi connectivity index (χ0n) is 12.5. The van der Waals surface area contributed by atoms with Gasteiger partial charge in [0, 0.05) is 18.7 Å². The summed E-state index contributed by atoms with van der Waals surface area (Å²) in [7, 11) is 0. The maximum Gasteiger partial charge on any atom is 0.273 e. The number of benzene rings is 1. The summed E-state index contributed by atoms with van der Waals surface area (Å²) in [5.74, 6) is 0.311. The number of likely N-dealkylation sites (N-methyl/N-ethyl adjacent to an activating group) is 1. The summed E-state index contributed by atoms with van der Waals surface area (Å²) in [5.41, 5.74) is 1.18. The van der Waals surface area contributed by atoms with Crippen molar-refractivity contribution in [3.63, 3.8) is 0 Å². The number of carbonyl (C=O) groups excluding carboxylic acids is 1. The molecule has 21 heavy (non-hydrogen) atoms. The predicted molar refractivity (Wildman–Crippen MR) is 82.1 cm³/mol. The first kappa shape index (κ1) is 15.3. The molecule has 0 unspecified atom stereocenters. The molecule has 0 bridgehead atoms. The lowest BCUT2D eigenvalue weighted by molar-refractivity contribution is 0.0945. The highest BCUT2D eigenvalue weighted by Crippen LogP contribution is 2.22. The number of amides is 1. The lowest BCUT2D eigenvalue weighted by Crippen LogP contribution is -2.35. The van der Waals surface area contributed by atoms with Crippen molar-refractivity contribution in [2.45, 2.75) is 13.8 Å². The SMILES string of the molecule is CCN(CC)CCNC(=O)c1ncoc1-c1ccccc1. The highest BCUT2D eigenvalue weighted by atomic mass is 16.3. The quantitative estimate of drug-likeness (QED) is 0.849. The number of oxazole rings is 1. The van der Waals surface area contributed by atoms with Crippen LogP contribution in [-0.2, 0) is 0 Å². The van der Waals surface area contributed by atoms with Crippen molar-refractivity contribution < 1.29 is 9.21 Å². The van der Waals surface area contributed by atoms with E-state index in [0.29, 0.717) is 18.0 Å². The normalized spacial score (nSPS) is 10.8. The fourth-order valence-corrected chi connectivity index (χ4v) is 2.15. The molecule has 0 radical (unpaired) electrons. The number of aromatic nitrogens is 1. The molecule has 5 nitrogen and oxygen atoms in total. The molecule has 0 spiro atoms. The van der Waals surface area contributed by atoms with Crippen LogP contribution in [-0.4, -0.2) is 42.0 Å². The van der Waals surface area contributed by atoms with Gasteiger partial charge < -0.3 is 14.6 Å². The van der Waals surface area contributed by atoms with Crippen molar-refractivity contribution >= 4 is 5.91 Å². The lowest BCUT2D eigenvalue weighted by Gasteiger charge is -2.17. The van der Waals surface area contributed by atoms with Crippen LogP contribution in [0.1, 0.15) is 24.3 Å². The summed E-state index contributed by atoms with van der Waals surface area (Å²) in [6.45, 7) is 7.60. The van der Waals surface area contributed by atoms with Gasteiger partial charge in [0.25, 0.3) is 5.91 Å². The van der Waals surface area contributed by atoms with Crippen molar-refractivity contribution in [1.82, 2.24) is 15.2 Å². The summed E-state index contributed by atoms with van der Waals surface area (Å²) in [4.78, 5) is 18.5. The van der Waals surface area contributed by atoms with Gasteiger partial charge >= 0.3 is 0 Å². The van der Waals surface area contributed by atoms with Gasteiger partial charge in [-0.2, -0.15) is 0 Å². The van der Waals surface area contributed by atoms with Gasteiger partial charge in [0.05, 0.1) is 0 Å². The van der Waals surface area contributed by atoms with Crippen molar-refractivity contribution in [1.29, 1.82) is 0 Å². The molecule has 1 aromatic carbocycles. The molecule has 0 saturated heterocycles. The Balaban J connectivity index is 1.99. The molecule has 1 aromatic heterocycles. The largest absolute Gasteiger partial charge is 0.443 e. The van der Waals surface area contributed by atoms with E-state index in [0.717, 1.165) is 25.2 Å². The minimum Gasteiger partial charge on any atom is -0.443 e. The smallest absolute Gasteiger partial charge is 0.273 e. The van der Waals surface area contributed by atoms with E-state index >= 15 is 0 Å². The Labute approximate surface area is 125 Å². The number of nitrogens with zero attached hydrogens (tertiary/aromatic N) is 2. The Morgan fingerprint density at radius 2 is 1.95 bits per heavy atom. The standard InChI is InChI=1S/C16H21N3O2/c1-3-19(4-2)11-10-17-16(20)14-15(21-12-18-14)13-8-6-5-7-9-13/h5-9,12H,3-4,10-11H2,1-2H3,(H,17,20). The Hall–Kier alpha value is -2.14. The van der Waals surface area contributed by atoms with Crippen LogP contribution < -0.4 is 5.32 Å². The van der Waals surface area contributed by atoms with E-state index in [1.54, 1.807) is 0 Å². The minimum atomic E-state index is -0.199. The van der Waals surface area contributed by atoms with Crippen LogP contribution in [0.3, 0.4) is 0 Å². The second-order valence-corrected chi connectivity index (χ2v) is 4.68. The fourth-order valence-electron chi connectivity index (χ4n) is 2.15. The topological polar surface area (TPSA) is 58.4 Å². The van der Waals surface area contributed by atoms with Crippen LogP contribution in [0.2, 0.25) is 0 Å². The molecule has 0 fully saturated rings. The number of nitrogens with one attached hydrogen (secondary N) is 1. The first-order valence-corrected chi connectivity index (χ1v) is 7.25. The van der Waals surface area contributed by atoms with E-state index in [1.807, 2.05) is 30.3 Å². The highest BCUT2D eigenvalue weighted by molar-refractivity contribution is 5.97. The Morgan fingerprint density at radius 3 is 2.62 bits per heavy atom. The monoisotopic (exact) mass is 287 g/mol. The van der Waals surface area contributed by atoms with Crippen molar-refractivity contribution in [3.05, 3.63) is 42.4 Å². The zero-order chi connectivity index (χ0) is 15.1. The summed E-state index contributed by atoms with van der Waals surface area (Å²) >= 11 is 0. The molecule has 0 atom stereocenters. The van der Waals surface area contributed by atoms with Crippen LogP contribution >= 0.6 is 0 Å². The Kier molecular flexibility index (Phi) is 5.51. The Morgan fingerprint density at radius 1 is 1.24 bits per heavy atom. The second kappa shape index (κ2) is 7.59. The number of hydrogen-bond acceptors (Lipinski definition) is 4. The predicted octanol–water partition coefficient (Wildman–Crippen LogP) is 2.41. The average molecular weight is 287 g/mol. The molecular formula is C16H21N3O2. The first-order chi connectivity index (χ1) is 10.3. The van der Waals surface area contributed by atoms with Gasteiger partial charge in [-0.15, -0.1) is 0 Å². The number of carbonyl (C=O) groups is 1. The van der Waals surface area contributed by atoms with E-state index in [-0.39, 0.29) is 5.91 Å². The number of hydrogen-bond donors (Lipinski definition) is 1. The fraction of sp³-hybridized carbons (Fsp3) is 0.375. The van der Waals surface area contributed by atoms with E-state index in [1.165, 1.54) is 6.39 Å². The van der Waals surface area contributed by atoms with Crippen LogP contribution in [0.4, 0.5) is 0 Å². The van der Waals surface area contributed by atoms with Crippen molar-refractivity contribution in [3.8, 4) is 11.3 Å². The molecule has 112 valence electrons. The van der Waals surface area contributed by atoms with Gasteiger partial charge in [0.15, 0.2) is 17.8 Å². The molecule has 1 heterocycles. The number of rotatable bonds is 7. The molecule has 0 aliphatic rings. The van der Waals surface area contributed by atoms with E-state index in [2.05, 4.69) is 29.0 Å². The average Bonchev–Trinajstić information content (AvgIpc) is 3.02. The van der Waals surface area contributed by atoms with Gasteiger partial charge in [0.2, 0.25) is 0 Å². The molecule has 2 aromatic rings. The molecule has 2 rings (SSSR count). The minimum absolute atomic E-state index is 0.199. The lowest BCUT2D eigenvalue weighted by atomic mass is 10.1. The molecule has 0 aliphatic heterocycles. The third-order valence-electron chi connectivity index (χ3n) is 3.43. The van der Waals surface area contributed by atoms with Gasteiger partial charge in [0.1, 0.15) is 0 Å². The van der Waals surface area contributed by atoms with E-state index in [4.69, 9.17) is 4.42 Å². The van der Waals surface area contributed by atoms with Crippen LogP contribution in [0.25, 0.3) is 11.3 Å². The zero-order valence-corrected chi connectivity index (χ0v) is 12.5. The van der Waals surface area contributed by atoms with Crippen LogP contribution in [0.15, 0.2) is 41.1 Å². The van der Waals surface area contributed by atoms with Crippen LogP contribution in [0.5, 0.6) is 0 Å². The summed E-state index contributed by atoms with van der Waals surface area (Å²) in [6, 6.07) is 9.52. The van der Waals surface area contributed by atoms with Crippen molar-refractivity contribution in [2.75, 3.05) is 26.2 Å². The van der Waals surface area contributed by atoms with Gasteiger partial charge in [-0.3, -0.25) is 4.79 Å². The maximum atomic E-state index is 12.2. The van der Waals surface area contributed by atoms with Gasteiger partial charge in [-0.25, -0.2) is 4.98 Å². The van der Waals surface area contributed by atoms with Gasteiger partial charge in [-0.1, -0.05) is 44.2 Å². The van der Waals surface area contributed by atoms with Gasteiger partial charge in [-0.05, 0) is 13.1 Å². The Bertz CT molecular complexity index is 562. The summed E-state index contributed by atoms with van der Waals surface area (Å²) in [5, 5.41) is 2.89. The summed E-state index contributed by atoms with van der Waals surface area (Å²) < 4.78 is 5.36. The van der Waals surface area contributed by atoms with Crippen LogP contribution in [0, 0.1) is 0 Å². The highest BCUT2D eigenvalue weighted by Gasteiger charge is 2.17. The first-order valence-electron chi connectivity index (χ1n) is 7.25. The third kappa shape index (κ3) is 3.92.